The van der Waals surface area contributed by atoms with Crippen LogP contribution in [0.25, 0.3) is 0 Å². The molecule has 2 saturated heterocycles. The van der Waals surface area contributed by atoms with Gasteiger partial charge in [0, 0.05) is 19.1 Å². The minimum atomic E-state index is -4.48. The third-order valence-corrected chi connectivity index (χ3v) is 4.59. The molecule has 2 aliphatic rings. The van der Waals surface area contributed by atoms with Crippen LogP contribution in [0.2, 0.25) is 0 Å². The SMILES string of the molecule is O=C(O)CC(N1CCC(N2CCCCC2)CC1)C(F)(F)F. The number of hydrogen-bond donors (Lipinski definition) is 1. The number of carboxylic acid groups (broad SMARTS) is 1. The number of hydrogen-bond acceptors (Lipinski definition) is 3. The molecular formula is C14H23F3N2O2. The van der Waals surface area contributed by atoms with Gasteiger partial charge in [0.1, 0.15) is 6.04 Å². The second kappa shape index (κ2) is 6.96. The predicted octanol–water partition coefficient (Wildman–Crippen LogP) is 2.34. The van der Waals surface area contributed by atoms with E-state index in [-0.39, 0.29) is 0 Å². The van der Waals surface area contributed by atoms with Gasteiger partial charge in [0.15, 0.2) is 0 Å². The maximum absolute atomic E-state index is 13.0. The van der Waals surface area contributed by atoms with Crippen molar-refractivity contribution in [2.45, 2.75) is 56.8 Å². The van der Waals surface area contributed by atoms with Gasteiger partial charge >= 0.3 is 12.1 Å². The number of carbonyl (C=O) groups is 1. The Morgan fingerprint density at radius 2 is 1.67 bits per heavy atom. The van der Waals surface area contributed by atoms with Crippen molar-refractivity contribution in [2.75, 3.05) is 26.2 Å². The number of alkyl halides is 3. The van der Waals surface area contributed by atoms with Crippen molar-refractivity contribution in [3.05, 3.63) is 0 Å². The van der Waals surface area contributed by atoms with Gasteiger partial charge in [-0.2, -0.15) is 13.2 Å². The van der Waals surface area contributed by atoms with Gasteiger partial charge in [-0.25, -0.2) is 0 Å². The van der Waals surface area contributed by atoms with Crippen molar-refractivity contribution in [1.29, 1.82) is 0 Å². The topological polar surface area (TPSA) is 43.8 Å². The molecule has 2 fully saturated rings. The fourth-order valence-corrected chi connectivity index (χ4v) is 3.46. The zero-order valence-electron chi connectivity index (χ0n) is 12.1. The summed E-state index contributed by atoms with van der Waals surface area (Å²) in [6.07, 6.45) is -0.356. The number of piperidine rings is 2. The third-order valence-electron chi connectivity index (χ3n) is 4.59. The second-order valence-electron chi connectivity index (χ2n) is 6.02. The molecule has 0 amide bonds. The van der Waals surface area contributed by atoms with Crippen molar-refractivity contribution in [3.8, 4) is 0 Å². The van der Waals surface area contributed by atoms with Crippen LogP contribution in [0, 0.1) is 0 Å². The minimum Gasteiger partial charge on any atom is -0.481 e. The van der Waals surface area contributed by atoms with Gasteiger partial charge < -0.3 is 10.0 Å². The first kappa shape index (κ1) is 16.5. The molecule has 4 nitrogen and oxygen atoms in total. The third kappa shape index (κ3) is 4.57. The summed E-state index contributed by atoms with van der Waals surface area (Å²) in [6, 6.07) is -1.49. The lowest BCUT2D eigenvalue weighted by Gasteiger charge is -2.42. The predicted molar refractivity (Wildman–Crippen MR) is 72.1 cm³/mol. The molecule has 0 aromatic rings. The van der Waals surface area contributed by atoms with E-state index in [4.69, 9.17) is 5.11 Å². The summed E-state index contributed by atoms with van der Waals surface area (Å²) in [5, 5.41) is 8.70. The summed E-state index contributed by atoms with van der Waals surface area (Å²) in [7, 11) is 0. The van der Waals surface area contributed by atoms with Gasteiger partial charge in [-0.15, -0.1) is 0 Å². The Kier molecular flexibility index (Phi) is 5.48. The average molecular weight is 308 g/mol. The molecule has 0 aliphatic carbocycles. The molecule has 2 aliphatic heterocycles. The van der Waals surface area contributed by atoms with E-state index in [2.05, 4.69) is 4.90 Å². The standard InChI is InChI=1S/C14H23F3N2O2/c15-14(16,17)12(10-13(20)21)19-8-4-11(5-9-19)18-6-2-1-3-7-18/h11-12H,1-10H2,(H,20,21). The molecule has 0 aromatic heterocycles. The molecule has 1 N–H and O–H groups in total. The van der Waals surface area contributed by atoms with Crippen molar-refractivity contribution >= 4 is 5.97 Å². The first-order valence-electron chi connectivity index (χ1n) is 7.64. The van der Waals surface area contributed by atoms with Crippen molar-refractivity contribution in [3.63, 3.8) is 0 Å². The summed E-state index contributed by atoms with van der Waals surface area (Å²) in [5.41, 5.74) is 0. The maximum atomic E-state index is 13.0. The Labute approximate surface area is 122 Å². The van der Waals surface area contributed by atoms with E-state index in [1.165, 1.54) is 24.2 Å². The van der Waals surface area contributed by atoms with Crippen LogP contribution in [0.1, 0.15) is 38.5 Å². The zero-order valence-corrected chi connectivity index (χ0v) is 12.1. The Bertz CT molecular complexity index is 349. The Morgan fingerprint density at radius 1 is 1.10 bits per heavy atom. The van der Waals surface area contributed by atoms with Crippen LogP contribution < -0.4 is 0 Å². The normalized spacial score (nSPS) is 24.9. The van der Waals surface area contributed by atoms with Crippen LogP contribution in [-0.2, 0) is 4.79 Å². The molecule has 0 bridgehead atoms. The highest BCUT2D eigenvalue weighted by Crippen LogP contribution is 2.30. The average Bonchev–Trinajstić information content (AvgIpc) is 2.45. The van der Waals surface area contributed by atoms with E-state index in [0.29, 0.717) is 32.0 Å². The molecule has 122 valence electrons. The summed E-state index contributed by atoms with van der Waals surface area (Å²) in [4.78, 5) is 14.4. The largest absolute Gasteiger partial charge is 0.481 e. The monoisotopic (exact) mass is 308 g/mol. The summed E-state index contributed by atoms with van der Waals surface area (Å²) < 4.78 is 39.0. The number of carboxylic acids is 1. The Balaban J connectivity index is 1.89. The quantitative estimate of drug-likeness (QED) is 0.866. The van der Waals surface area contributed by atoms with Crippen LogP contribution in [-0.4, -0.2) is 65.3 Å². The van der Waals surface area contributed by atoms with E-state index in [1.807, 2.05) is 0 Å². The number of likely N-dealkylation sites (tertiary alicyclic amines) is 2. The molecule has 7 heteroatoms. The highest BCUT2D eigenvalue weighted by Gasteiger charge is 2.45. The van der Waals surface area contributed by atoms with E-state index in [0.717, 1.165) is 13.1 Å². The molecular weight excluding hydrogens is 285 g/mol. The number of nitrogens with zero attached hydrogens (tertiary/aromatic N) is 2. The summed E-state index contributed by atoms with van der Waals surface area (Å²) >= 11 is 0. The van der Waals surface area contributed by atoms with Gasteiger partial charge in [-0.05, 0) is 38.8 Å². The lowest BCUT2D eigenvalue weighted by Crippen LogP contribution is -2.53. The molecule has 1 unspecified atom stereocenters. The van der Waals surface area contributed by atoms with Gasteiger partial charge in [-0.3, -0.25) is 9.69 Å². The molecule has 0 radical (unpaired) electrons. The number of rotatable bonds is 4. The van der Waals surface area contributed by atoms with Gasteiger partial charge in [0.2, 0.25) is 0 Å². The molecule has 0 spiro atoms. The van der Waals surface area contributed by atoms with Crippen molar-refractivity contribution in [1.82, 2.24) is 9.80 Å². The van der Waals surface area contributed by atoms with Gasteiger partial charge in [0.05, 0.1) is 6.42 Å². The molecule has 2 heterocycles. The van der Waals surface area contributed by atoms with E-state index >= 15 is 0 Å². The second-order valence-corrected chi connectivity index (χ2v) is 6.02. The molecule has 21 heavy (non-hydrogen) atoms. The highest BCUT2D eigenvalue weighted by molar-refractivity contribution is 5.67. The zero-order chi connectivity index (χ0) is 15.5. The lowest BCUT2D eigenvalue weighted by molar-refractivity contribution is -0.193. The van der Waals surface area contributed by atoms with Gasteiger partial charge in [0.25, 0.3) is 0 Å². The highest BCUT2D eigenvalue weighted by atomic mass is 19.4. The summed E-state index contributed by atoms with van der Waals surface area (Å²) in [6.45, 7) is 2.75. The van der Waals surface area contributed by atoms with Crippen LogP contribution in [0.4, 0.5) is 13.2 Å². The maximum Gasteiger partial charge on any atom is 0.404 e. The van der Waals surface area contributed by atoms with Gasteiger partial charge in [-0.1, -0.05) is 6.42 Å². The van der Waals surface area contributed by atoms with Crippen molar-refractivity contribution in [2.24, 2.45) is 0 Å². The smallest absolute Gasteiger partial charge is 0.404 e. The Hall–Kier alpha value is -0.820. The fraction of sp³-hybridized carbons (Fsp3) is 0.929. The lowest BCUT2D eigenvalue weighted by atomic mass is 9.98. The number of aliphatic carboxylic acids is 1. The number of halogens is 3. The van der Waals surface area contributed by atoms with Crippen LogP contribution in [0.3, 0.4) is 0 Å². The van der Waals surface area contributed by atoms with Crippen molar-refractivity contribution < 1.29 is 23.1 Å². The fourth-order valence-electron chi connectivity index (χ4n) is 3.46. The van der Waals surface area contributed by atoms with E-state index < -0.39 is 24.6 Å². The van der Waals surface area contributed by atoms with E-state index in [9.17, 15) is 18.0 Å². The molecule has 1 atom stereocenters. The minimum absolute atomic E-state index is 0.332. The van der Waals surface area contributed by atoms with E-state index in [1.54, 1.807) is 0 Å². The Morgan fingerprint density at radius 3 is 2.14 bits per heavy atom. The summed E-state index contributed by atoms with van der Waals surface area (Å²) in [5.74, 6) is -1.39. The first-order valence-corrected chi connectivity index (χ1v) is 7.64. The van der Waals surface area contributed by atoms with Crippen LogP contribution >= 0.6 is 0 Å². The molecule has 0 aromatic carbocycles. The van der Waals surface area contributed by atoms with Crippen LogP contribution in [0.15, 0.2) is 0 Å². The first-order chi connectivity index (χ1) is 9.88. The van der Waals surface area contributed by atoms with Crippen LogP contribution in [0.5, 0.6) is 0 Å². The molecule has 2 rings (SSSR count). The molecule has 0 saturated carbocycles.